The maximum Gasteiger partial charge on any atom is 0.220 e. The average Bonchev–Trinajstić information content (AvgIpc) is 3.08. The van der Waals surface area contributed by atoms with Crippen molar-refractivity contribution in [2.24, 2.45) is 17.1 Å². The summed E-state index contributed by atoms with van der Waals surface area (Å²) in [6.45, 7) is 4.46. The summed E-state index contributed by atoms with van der Waals surface area (Å²) in [6, 6.07) is 0.231. The number of hydrogen-bond donors (Lipinski definition) is 2. The van der Waals surface area contributed by atoms with Gasteiger partial charge in [-0.15, -0.1) is 12.4 Å². The number of nitrogens with two attached hydrogens (primary N) is 1. The Hall–Kier alpha value is -0.320. The minimum Gasteiger partial charge on any atom is -0.382 e. The zero-order chi connectivity index (χ0) is 15.1. The van der Waals surface area contributed by atoms with Crippen LogP contribution in [-0.2, 0) is 9.53 Å². The summed E-state index contributed by atoms with van der Waals surface area (Å²) in [6.07, 6.45) is 10.1. The molecule has 2 aliphatic carbocycles. The molecule has 0 aliphatic heterocycles. The number of halogens is 1. The van der Waals surface area contributed by atoms with E-state index in [2.05, 4.69) is 5.32 Å². The van der Waals surface area contributed by atoms with E-state index >= 15 is 0 Å². The molecule has 2 saturated carbocycles. The maximum atomic E-state index is 12.2. The van der Waals surface area contributed by atoms with Crippen molar-refractivity contribution in [3.05, 3.63) is 0 Å². The summed E-state index contributed by atoms with van der Waals surface area (Å²) in [7, 11) is 0. The maximum absolute atomic E-state index is 12.2. The monoisotopic (exact) mass is 332 g/mol. The van der Waals surface area contributed by atoms with Crippen LogP contribution in [0.3, 0.4) is 0 Å². The van der Waals surface area contributed by atoms with E-state index in [0.29, 0.717) is 12.3 Å². The van der Waals surface area contributed by atoms with Crippen molar-refractivity contribution in [1.82, 2.24) is 5.32 Å². The van der Waals surface area contributed by atoms with Crippen LogP contribution in [0.25, 0.3) is 0 Å². The van der Waals surface area contributed by atoms with Gasteiger partial charge in [-0.3, -0.25) is 4.79 Å². The fraction of sp³-hybridized carbons (Fsp3) is 0.941. The Morgan fingerprint density at radius 3 is 2.59 bits per heavy atom. The van der Waals surface area contributed by atoms with Crippen LogP contribution in [-0.4, -0.2) is 31.7 Å². The first-order chi connectivity index (χ1) is 10.2. The molecule has 3 N–H and O–H groups in total. The van der Waals surface area contributed by atoms with Crippen molar-refractivity contribution in [2.75, 3.05) is 19.8 Å². The lowest BCUT2D eigenvalue weighted by Crippen LogP contribution is -2.38. The van der Waals surface area contributed by atoms with Gasteiger partial charge in [0.2, 0.25) is 5.91 Å². The molecule has 0 aromatic rings. The van der Waals surface area contributed by atoms with Crippen LogP contribution < -0.4 is 11.1 Å². The van der Waals surface area contributed by atoms with E-state index in [9.17, 15) is 4.79 Å². The lowest BCUT2D eigenvalue weighted by atomic mass is 9.82. The van der Waals surface area contributed by atoms with E-state index < -0.39 is 0 Å². The predicted octanol–water partition coefficient (Wildman–Crippen LogP) is 3.03. The molecule has 4 nitrogen and oxygen atoms in total. The highest BCUT2D eigenvalue weighted by Crippen LogP contribution is 2.40. The molecule has 0 heterocycles. The third kappa shape index (κ3) is 5.71. The summed E-state index contributed by atoms with van der Waals surface area (Å²) in [5.41, 5.74) is 6.34. The first kappa shape index (κ1) is 19.7. The van der Waals surface area contributed by atoms with Crippen molar-refractivity contribution in [3.63, 3.8) is 0 Å². The van der Waals surface area contributed by atoms with E-state index in [0.717, 1.165) is 39.0 Å². The second-order valence-electron chi connectivity index (χ2n) is 6.99. The van der Waals surface area contributed by atoms with Crippen LogP contribution >= 0.6 is 12.4 Å². The van der Waals surface area contributed by atoms with Gasteiger partial charge in [0.25, 0.3) is 0 Å². The summed E-state index contributed by atoms with van der Waals surface area (Å²) < 4.78 is 5.52. The quantitative estimate of drug-likeness (QED) is 0.671. The molecule has 22 heavy (non-hydrogen) atoms. The number of rotatable bonds is 8. The molecule has 0 spiro atoms. The van der Waals surface area contributed by atoms with E-state index in [1.54, 1.807) is 0 Å². The smallest absolute Gasteiger partial charge is 0.220 e. The summed E-state index contributed by atoms with van der Waals surface area (Å²) in [5, 5.41) is 3.19. The number of hydrogen-bond acceptors (Lipinski definition) is 3. The Bertz CT molecular complexity index is 333. The van der Waals surface area contributed by atoms with E-state index in [4.69, 9.17) is 10.5 Å². The molecule has 0 saturated heterocycles. The van der Waals surface area contributed by atoms with Crippen molar-refractivity contribution < 1.29 is 9.53 Å². The van der Waals surface area contributed by atoms with Gasteiger partial charge in [-0.25, -0.2) is 0 Å². The minimum atomic E-state index is 0. The van der Waals surface area contributed by atoms with Gasteiger partial charge in [0.15, 0.2) is 0 Å². The summed E-state index contributed by atoms with van der Waals surface area (Å²) in [4.78, 5) is 12.2. The van der Waals surface area contributed by atoms with Gasteiger partial charge in [-0.05, 0) is 50.4 Å². The third-order valence-corrected chi connectivity index (χ3v) is 5.47. The standard InChI is InChI=1S/C17H32N2O2.ClH/c1-2-21-11-10-17(8-3-4-9-17)13-19-16(20)12-14-6-5-7-15(14)18;/h14-15H,2-13,18H2,1H3,(H,19,20);1H/t14-,15+;/m0./s1. The molecular weight excluding hydrogens is 300 g/mol. The third-order valence-electron chi connectivity index (χ3n) is 5.47. The zero-order valence-electron chi connectivity index (χ0n) is 13.9. The Morgan fingerprint density at radius 2 is 2.00 bits per heavy atom. The van der Waals surface area contributed by atoms with Gasteiger partial charge in [0.1, 0.15) is 0 Å². The second kappa shape index (κ2) is 9.74. The van der Waals surface area contributed by atoms with E-state index in [1.807, 2.05) is 6.92 Å². The SMILES string of the molecule is CCOCCC1(CNC(=O)C[C@@H]2CCC[C@H]2N)CCCC1.Cl. The number of carbonyl (C=O) groups is 1. The number of ether oxygens (including phenoxy) is 1. The number of carbonyl (C=O) groups excluding carboxylic acids is 1. The molecule has 0 radical (unpaired) electrons. The predicted molar refractivity (Wildman–Crippen MR) is 92.2 cm³/mol. The highest BCUT2D eigenvalue weighted by Gasteiger charge is 2.34. The zero-order valence-corrected chi connectivity index (χ0v) is 14.8. The van der Waals surface area contributed by atoms with Crippen LogP contribution in [0.4, 0.5) is 0 Å². The number of nitrogens with one attached hydrogen (secondary N) is 1. The Morgan fingerprint density at radius 1 is 1.27 bits per heavy atom. The van der Waals surface area contributed by atoms with E-state index in [-0.39, 0.29) is 29.8 Å². The molecule has 2 rings (SSSR count). The molecule has 5 heteroatoms. The van der Waals surface area contributed by atoms with Gasteiger partial charge >= 0.3 is 0 Å². The van der Waals surface area contributed by atoms with Gasteiger partial charge in [-0.2, -0.15) is 0 Å². The topological polar surface area (TPSA) is 64.3 Å². The second-order valence-corrected chi connectivity index (χ2v) is 6.99. The average molecular weight is 333 g/mol. The molecule has 2 aliphatic rings. The highest BCUT2D eigenvalue weighted by atomic mass is 35.5. The van der Waals surface area contributed by atoms with Crippen LogP contribution in [0.15, 0.2) is 0 Å². The van der Waals surface area contributed by atoms with Gasteiger partial charge in [-0.1, -0.05) is 19.3 Å². The first-order valence-corrected chi connectivity index (χ1v) is 8.75. The van der Waals surface area contributed by atoms with Gasteiger partial charge in [0.05, 0.1) is 0 Å². The summed E-state index contributed by atoms with van der Waals surface area (Å²) in [5.74, 6) is 0.591. The molecule has 0 unspecified atom stereocenters. The molecule has 0 aromatic heterocycles. The van der Waals surface area contributed by atoms with Crippen molar-refractivity contribution in [2.45, 2.75) is 70.8 Å². The van der Waals surface area contributed by atoms with E-state index in [1.165, 1.54) is 32.1 Å². The molecule has 0 aromatic carbocycles. The normalized spacial score (nSPS) is 26.6. The van der Waals surface area contributed by atoms with Gasteiger partial charge < -0.3 is 15.8 Å². The minimum absolute atomic E-state index is 0. The fourth-order valence-electron chi connectivity index (χ4n) is 3.99. The fourth-order valence-corrected chi connectivity index (χ4v) is 3.99. The van der Waals surface area contributed by atoms with Crippen LogP contribution in [0.2, 0.25) is 0 Å². The first-order valence-electron chi connectivity index (χ1n) is 8.75. The highest BCUT2D eigenvalue weighted by molar-refractivity contribution is 5.85. The molecule has 1 amide bonds. The molecular formula is C17H33ClN2O2. The van der Waals surface area contributed by atoms with Gasteiger partial charge in [0, 0.05) is 32.2 Å². The van der Waals surface area contributed by atoms with Crippen molar-refractivity contribution in [1.29, 1.82) is 0 Å². The summed E-state index contributed by atoms with van der Waals surface area (Å²) >= 11 is 0. The molecule has 2 fully saturated rings. The van der Waals surface area contributed by atoms with Crippen molar-refractivity contribution >= 4 is 18.3 Å². The van der Waals surface area contributed by atoms with Crippen molar-refractivity contribution in [3.8, 4) is 0 Å². The lowest BCUT2D eigenvalue weighted by Gasteiger charge is -2.29. The van der Waals surface area contributed by atoms with Crippen LogP contribution in [0.5, 0.6) is 0 Å². The Kier molecular flexibility index (Phi) is 8.73. The Balaban J connectivity index is 0.00000242. The van der Waals surface area contributed by atoms with Crippen LogP contribution in [0, 0.1) is 11.3 Å². The molecule has 2 atom stereocenters. The Labute approximate surface area is 141 Å². The lowest BCUT2D eigenvalue weighted by molar-refractivity contribution is -0.122. The largest absolute Gasteiger partial charge is 0.382 e. The van der Waals surface area contributed by atoms with Crippen LogP contribution in [0.1, 0.15) is 64.7 Å². The molecule has 0 bridgehead atoms. The number of amides is 1. The molecule has 130 valence electrons.